The number of carbonyl (C=O) groups is 1. The zero-order chi connectivity index (χ0) is 12.3. The van der Waals surface area contributed by atoms with Crippen LogP contribution in [0.15, 0.2) is 42.6 Å². The zero-order valence-corrected chi connectivity index (χ0v) is 9.94. The SMILES string of the molecule is COc1ccccc1C(=O)c1cccnc1Cl. The summed E-state index contributed by atoms with van der Waals surface area (Å²) in [5.74, 6) is 0.331. The third-order valence-corrected chi connectivity index (χ3v) is 2.66. The lowest BCUT2D eigenvalue weighted by atomic mass is 10.0. The molecule has 4 heteroatoms. The van der Waals surface area contributed by atoms with Gasteiger partial charge < -0.3 is 4.74 Å². The van der Waals surface area contributed by atoms with Crippen molar-refractivity contribution in [2.75, 3.05) is 7.11 Å². The number of aromatic nitrogens is 1. The maximum atomic E-state index is 12.2. The van der Waals surface area contributed by atoms with E-state index >= 15 is 0 Å². The van der Waals surface area contributed by atoms with Crippen molar-refractivity contribution in [2.45, 2.75) is 0 Å². The summed E-state index contributed by atoms with van der Waals surface area (Å²) in [5, 5.41) is 0.198. The predicted molar refractivity (Wildman–Crippen MR) is 65.7 cm³/mol. The van der Waals surface area contributed by atoms with Crippen LogP contribution >= 0.6 is 11.6 Å². The number of methoxy groups -OCH3 is 1. The van der Waals surface area contributed by atoms with Crippen LogP contribution in [-0.2, 0) is 0 Å². The molecule has 0 fully saturated rings. The van der Waals surface area contributed by atoms with Crippen molar-refractivity contribution in [3.8, 4) is 5.75 Å². The average Bonchev–Trinajstić information content (AvgIpc) is 2.38. The number of hydrogen-bond acceptors (Lipinski definition) is 3. The summed E-state index contributed by atoms with van der Waals surface area (Å²) in [7, 11) is 1.52. The van der Waals surface area contributed by atoms with Crippen LogP contribution in [0.3, 0.4) is 0 Å². The summed E-state index contributed by atoms with van der Waals surface area (Å²) in [4.78, 5) is 16.1. The molecule has 2 rings (SSSR count). The Morgan fingerprint density at radius 1 is 1.18 bits per heavy atom. The van der Waals surface area contributed by atoms with Gasteiger partial charge in [0.2, 0.25) is 0 Å². The fraction of sp³-hybridized carbons (Fsp3) is 0.0769. The molecule has 0 radical (unpaired) electrons. The molecular formula is C13H10ClNO2. The van der Waals surface area contributed by atoms with Gasteiger partial charge >= 0.3 is 0 Å². The second-order valence-electron chi connectivity index (χ2n) is 3.37. The van der Waals surface area contributed by atoms with Gasteiger partial charge in [0, 0.05) is 6.20 Å². The highest BCUT2D eigenvalue weighted by molar-refractivity contribution is 6.33. The number of para-hydroxylation sites is 1. The van der Waals surface area contributed by atoms with Crippen LogP contribution in [0.5, 0.6) is 5.75 Å². The molecule has 0 aliphatic carbocycles. The first-order valence-electron chi connectivity index (χ1n) is 5.02. The van der Waals surface area contributed by atoms with E-state index in [1.54, 1.807) is 42.6 Å². The van der Waals surface area contributed by atoms with Gasteiger partial charge in [-0.1, -0.05) is 23.7 Å². The first kappa shape index (κ1) is 11.6. The molecule has 0 unspecified atom stereocenters. The number of hydrogen-bond donors (Lipinski definition) is 0. The van der Waals surface area contributed by atoms with E-state index in [1.165, 1.54) is 7.11 Å². The van der Waals surface area contributed by atoms with Gasteiger partial charge in [-0.15, -0.1) is 0 Å². The lowest BCUT2D eigenvalue weighted by Gasteiger charge is -2.07. The van der Waals surface area contributed by atoms with Gasteiger partial charge in [-0.2, -0.15) is 0 Å². The number of halogens is 1. The van der Waals surface area contributed by atoms with Crippen molar-refractivity contribution in [3.63, 3.8) is 0 Å². The van der Waals surface area contributed by atoms with Crippen LogP contribution in [0, 0.1) is 0 Å². The number of nitrogens with zero attached hydrogens (tertiary/aromatic N) is 1. The fourth-order valence-electron chi connectivity index (χ4n) is 1.53. The van der Waals surface area contributed by atoms with Gasteiger partial charge in [0.05, 0.1) is 18.2 Å². The minimum atomic E-state index is -0.194. The van der Waals surface area contributed by atoms with E-state index < -0.39 is 0 Å². The van der Waals surface area contributed by atoms with Crippen LogP contribution in [-0.4, -0.2) is 17.9 Å². The van der Waals surface area contributed by atoms with Crippen molar-refractivity contribution in [2.24, 2.45) is 0 Å². The Morgan fingerprint density at radius 2 is 1.88 bits per heavy atom. The zero-order valence-electron chi connectivity index (χ0n) is 9.18. The molecule has 3 nitrogen and oxygen atoms in total. The third kappa shape index (κ3) is 2.29. The van der Waals surface area contributed by atoms with Crippen molar-refractivity contribution in [1.29, 1.82) is 0 Å². The number of pyridine rings is 1. The van der Waals surface area contributed by atoms with Gasteiger partial charge in [0.25, 0.3) is 0 Å². The second kappa shape index (κ2) is 4.97. The molecule has 0 aliphatic heterocycles. The third-order valence-electron chi connectivity index (χ3n) is 2.36. The van der Waals surface area contributed by atoms with Crippen LogP contribution in [0.1, 0.15) is 15.9 Å². The van der Waals surface area contributed by atoms with Gasteiger partial charge in [0.1, 0.15) is 10.9 Å². The minimum Gasteiger partial charge on any atom is -0.496 e. The highest BCUT2D eigenvalue weighted by Crippen LogP contribution is 2.23. The molecule has 0 atom stereocenters. The quantitative estimate of drug-likeness (QED) is 0.618. The Balaban J connectivity index is 2.48. The van der Waals surface area contributed by atoms with E-state index in [1.807, 2.05) is 0 Å². The Morgan fingerprint density at radius 3 is 2.59 bits per heavy atom. The predicted octanol–water partition coefficient (Wildman–Crippen LogP) is 2.97. The van der Waals surface area contributed by atoms with E-state index in [0.717, 1.165) is 0 Å². The number of benzene rings is 1. The summed E-state index contributed by atoms with van der Waals surface area (Å²) in [6, 6.07) is 10.3. The lowest BCUT2D eigenvalue weighted by molar-refractivity contribution is 0.103. The number of ether oxygens (including phenoxy) is 1. The molecule has 2 aromatic rings. The summed E-state index contributed by atoms with van der Waals surface area (Å²) in [6.45, 7) is 0. The van der Waals surface area contributed by atoms with Crippen molar-refractivity contribution < 1.29 is 9.53 Å². The van der Waals surface area contributed by atoms with Crippen LogP contribution in [0.4, 0.5) is 0 Å². The summed E-state index contributed by atoms with van der Waals surface area (Å²) in [5.41, 5.74) is 0.851. The summed E-state index contributed by atoms with van der Waals surface area (Å²) in [6.07, 6.45) is 1.54. The molecule has 0 saturated heterocycles. The van der Waals surface area contributed by atoms with Crippen molar-refractivity contribution >= 4 is 17.4 Å². The number of ketones is 1. The maximum absolute atomic E-state index is 12.2. The Kier molecular flexibility index (Phi) is 3.40. The van der Waals surface area contributed by atoms with Gasteiger partial charge in [-0.05, 0) is 24.3 Å². The summed E-state index contributed by atoms with van der Waals surface area (Å²) >= 11 is 5.89. The van der Waals surface area contributed by atoms with Gasteiger partial charge in [-0.25, -0.2) is 4.98 Å². The van der Waals surface area contributed by atoms with Gasteiger partial charge in [-0.3, -0.25) is 4.79 Å². The maximum Gasteiger partial charge on any atom is 0.199 e. The monoisotopic (exact) mass is 247 g/mol. The topological polar surface area (TPSA) is 39.2 Å². The Labute approximate surface area is 104 Å². The summed E-state index contributed by atoms with van der Waals surface area (Å²) < 4.78 is 5.14. The van der Waals surface area contributed by atoms with Gasteiger partial charge in [0.15, 0.2) is 5.78 Å². The molecule has 1 aromatic heterocycles. The van der Waals surface area contributed by atoms with E-state index in [2.05, 4.69) is 4.98 Å². The van der Waals surface area contributed by atoms with E-state index in [0.29, 0.717) is 16.9 Å². The standard InChI is InChI=1S/C13H10ClNO2/c1-17-11-7-3-2-5-9(11)12(16)10-6-4-8-15-13(10)14/h2-8H,1H3. The molecule has 0 spiro atoms. The highest BCUT2D eigenvalue weighted by Gasteiger charge is 2.16. The minimum absolute atomic E-state index is 0.194. The van der Waals surface area contributed by atoms with Crippen molar-refractivity contribution in [1.82, 2.24) is 4.98 Å². The number of carbonyl (C=O) groups excluding carboxylic acids is 1. The normalized spacial score (nSPS) is 10.0. The molecule has 0 aliphatic rings. The van der Waals surface area contributed by atoms with E-state index in [9.17, 15) is 4.79 Å². The molecule has 1 heterocycles. The smallest absolute Gasteiger partial charge is 0.199 e. The van der Waals surface area contributed by atoms with Crippen LogP contribution in [0.2, 0.25) is 5.15 Å². The molecule has 0 amide bonds. The molecule has 1 aromatic carbocycles. The number of rotatable bonds is 3. The first-order chi connectivity index (χ1) is 8.24. The molecule has 17 heavy (non-hydrogen) atoms. The Bertz CT molecular complexity index is 555. The molecule has 0 saturated carbocycles. The largest absolute Gasteiger partial charge is 0.496 e. The first-order valence-corrected chi connectivity index (χ1v) is 5.40. The molecular weight excluding hydrogens is 238 g/mol. The Hall–Kier alpha value is -1.87. The molecule has 0 N–H and O–H groups in total. The molecule has 86 valence electrons. The highest BCUT2D eigenvalue weighted by atomic mass is 35.5. The fourth-order valence-corrected chi connectivity index (χ4v) is 1.74. The van der Waals surface area contributed by atoms with Crippen LogP contribution in [0.25, 0.3) is 0 Å². The van der Waals surface area contributed by atoms with Crippen molar-refractivity contribution in [3.05, 3.63) is 58.9 Å². The van der Waals surface area contributed by atoms with E-state index in [-0.39, 0.29) is 10.9 Å². The second-order valence-corrected chi connectivity index (χ2v) is 3.73. The van der Waals surface area contributed by atoms with Crippen LogP contribution < -0.4 is 4.74 Å². The molecule has 0 bridgehead atoms. The van der Waals surface area contributed by atoms with E-state index in [4.69, 9.17) is 16.3 Å². The average molecular weight is 248 g/mol. The lowest BCUT2D eigenvalue weighted by Crippen LogP contribution is -2.05.